The fourth-order valence-electron chi connectivity index (χ4n) is 16.2. The van der Waals surface area contributed by atoms with E-state index >= 15 is 0 Å². The van der Waals surface area contributed by atoms with E-state index in [4.69, 9.17) is 47.2 Å². The summed E-state index contributed by atoms with van der Waals surface area (Å²) in [7, 11) is 8.06. The molecule has 38 nitrogen and oxygen atoms in total. The number of aromatic amines is 1. The van der Waals surface area contributed by atoms with E-state index in [9.17, 15) is 22.4 Å². The molecule has 25 aromatic rings. The Labute approximate surface area is 849 Å². The first-order valence-corrected chi connectivity index (χ1v) is 46.9. The van der Waals surface area contributed by atoms with Gasteiger partial charge in [0.15, 0.2) is 86.4 Å². The van der Waals surface area contributed by atoms with Crippen LogP contribution in [0.2, 0.25) is 0 Å². The van der Waals surface area contributed by atoms with Gasteiger partial charge in [-0.3, -0.25) is 51.7 Å². The molecule has 744 valence electrons. The number of aryl methyl sites for hydroxylation is 2. The predicted octanol–water partition coefficient (Wildman–Crippen LogP) is 19.2. The van der Waals surface area contributed by atoms with E-state index in [0.29, 0.717) is 68.7 Å². The summed E-state index contributed by atoms with van der Waals surface area (Å²) in [6, 6.07) is 60.5. The molecule has 5 aromatic carbocycles. The average Bonchev–Trinajstić information content (AvgIpc) is 1.60. The van der Waals surface area contributed by atoms with Crippen molar-refractivity contribution in [3.8, 4) is 107 Å². The SMILES string of the molecule is COc1ccc2c(OCc3nnc4ccc(-c5cc(C)no5)cn34)ccnc2c1.COc1ccc2c(OCc3nnc4ccc(-c5cccc(=O)[nH]5)cn34)ccnc2c1.COc1ccc2c(OCc3nnc4ccc(-c5ccnnc5)cn34)ccnc2c1.COc1ccc2c(OCc3nnc4ccc(-c5nc(C)cs5)cn34)ccnc2c1.COc1cnc2c(NCc3nnc4c(F)cc(-c5cc(F)c(F)c(F)c5)cn34)ccnc2c1. The zero-order valence-corrected chi connectivity index (χ0v) is 81.2. The van der Waals surface area contributed by atoms with Crippen LogP contribution in [0.3, 0.4) is 0 Å². The fourth-order valence-corrected chi connectivity index (χ4v) is 17.0. The summed E-state index contributed by atoms with van der Waals surface area (Å²) in [4.78, 5) is 45.2. The van der Waals surface area contributed by atoms with E-state index in [1.807, 2.05) is 225 Å². The van der Waals surface area contributed by atoms with Crippen LogP contribution in [-0.2, 0) is 33.0 Å². The van der Waals surface area contributed by atoms with Gasteiger partial charge in [-0.2, -0.15) is 10.2 Å². The molecule has 0 aliphatic carbocycles. The lowest BCUT2D eigenvalue weighted by molar-refractivity contribution is 0.298. The third kappa shape index (κ3) is 20.8. The molecule has 2 N–H and O–H groups in total. The van der Waals surface area contributed by atoms with Crippen LogP contribution in [0.4, 0.5) is 23.2 Å². The van der Waals surface area contributed by atoms with Crippen LogP contribution in [0.1, 0.15) is 40.5 Å². The number of thiazole rings is 1. The van der Waals surface area contributed by atoms with Gasteiger partial charge >= 0.3 is 0 Å². The first-order chi connectivity index (χ1) is 73.4. The fraction of sp³-hybridized carbons (Fsp3) is 0.112. The van der Waals surface area contributed by atoms with Crippen LogP contribution in [0.15, 0.2) is 302 Å². The number of pyridine rings is 12. The van der Waals surface area contributed by atoms with Crippen molar-refractivity contribution in [1.29, 1.82) is 0 Å². The van der Waals surface area contributed by atoms with Crippen LogP contribution in [0, 0.1) is 37.1 Å². The van der Waals surface area contributed by atoms with Gasteiger partial charge in [0, 0.05) is 176 Å². The van der Waals surface area contributed by atoms with E-state index in [0.717, 1.165) is 169 Å². The molecule has 20 aromatic heterocycles. The molecule has 20 heterocycles. The van der Waals surface area contributed by atoms with Gasteiger partial charge in [-0.1, -0.05) is 11.2 Å². The highest BCUT2D eigenvalue weighted by molar-refractivity contribution is 7.13. The van der Waals surface area contributed by atoms with Gasteiger partial charge in [-0.05, 0) is 177 Å². The zero-order chi connectivity index (χ0) is 103. The molecule has 0 fully saturated rings. The Bertz CT molecular complexity index is 9150. The minimum Gasteiger partial charge on any atom is -0.497 e. The Morgan fingerprint density at radius 1 is 0.367 bits per heavy atom. The van der Waals surface area contributed by atoms with E-state index in [-0.39, 0.29) is 55.3 Å². The second-order valence-electron chi connectivity index (χ2n) is 33.3. The first-order valence-electron chi connectivity index (χ1n) is 46.0. The van der Waals surface area contributed by atoms with Crippen molar-refractivity contribution in [2.45, 2.75) is 46.8 Å². The second kappa shape index (κ2) is 42.9. The van der Waals surface area contributed by atoms with Gasteiger partial charge in [-0.25, -0.2) is 27.5 Å². The number of methoxy groups -OCH3 is 5. The molecule has 0 aliphatic heterocycles. The highest BCUT2D eigenvalue weighted by Crippen LogP contribution is 2.37. The second-order valence-corrected chi connectivity index (χ2v) is 34.1. The van der Waals surface area contributed by atoms with Crippen molar-refractivity contribution in [2.24, 2.45) is 0 Å². The molecule has 0 unspecified atom stereocenters. The highest BCUT2D eigenvalue weighted by atomic mass is 32.1. The minimum atomic E-state index is -1.59. The van der Waals surface area contributed by atoms with E-state index in [2.05, 4.69) is 112 Å². The summed E-state index contributed by atoms with van der Waals surface area (Å²) in [5, 5.41) is 63.3. The van der Waals surface area contributed by atoms with E-state index < -0.39 is 23.3 Å². The van der Waals surface area contributed by atoms with Crippen molar-refractivity contribution < 1.29 is 64.7 Å². The molecule has 0 amide bonds. The average molecular weight is 2030 g/mol. The number of anilines is 1. The van der Waals surface area contributed by atoms with Crippen molar-refractivity contribution in [1.82, 2.24) is 128 Å². The maximum Gasteiger partial charge on any atom is 0.248 e. The van der Waals surface area contributed by atoms with E-state index in [1.54, 1.807) is 108 Å². The molecule has 25 rings (SSSR count). The first kappa shape index (κ1) is 96.1. The number of hydrogen-bond acceptors (Lipinski definition) is 33. The Balaban J connectivity index is 0.000000110. The molecule has 0 saturated carbocycles. The van der Waals surface area contributed by atoms with Crippen molar-refractivity contribution >= 4 is 99.9 Å². The Morgan fingerprint density at radius 3 is 1.27 bits per heavy atom. The summed E-state index contributed by atoms with van der Waals surface area (Å²) in [6.07, 6.45) is 22.6. The number of fused-ring (bicyclic) bond motifs is 10. The number of ether oxygens (including phenoxy) is 9. The lowest BCUT2D eigenvalue weighted by atomic mass is 10.1. The van der Waals surface area contributed by atoms with Gasteiger partial charge in [0.1, 0.15) is 88.7 Å². The number of nitrogens with zero attached hydrogens (tertiary/aromatic N) is 25. The summed E-state index contributed by atoms with van der Waals surface area (Å²) in [5.74, 6) is 5.11. The summed E-state index contributed by atoms with van der Waals surface area (Å²) in [5.41, 5.74) is 15.2. The number of H-pyrrole nitrogens is 1. The van der Waals surface area contributed by atoms with Crippen LogP contribution < -0.4 is 53.5 Å². The highest BCUT2D eigenvalue weighted by Gasteiger charge is 2.22. The molecular weight excluding hydrogens is 1950 g/mol. The summed E-state index contributed by atoms with van der Waals surface area (Å²) >= 11 is 1.62. The third-order valence-corrected chi connectivity index (χ3v) is 24.8. The molecule has 0 atom stereocenters. The van der Waals surface area contributed by atoms with Gasteiger partial charge in [-0.15, -0.1) is 62.3 Å². The number of benzene rings is 5. The van der Waals surface area contributed by atoms with Gasteiger partial charge < -0.3 is 57.5 Å². The van der Waals surface area contributed by atoms with Gasteiger partial charge in [0.25, 0.3) is 0 Å². The zero-order valence-electron chi connectivity index (χ0n) is 80.3. The molecule has 0 radical (unpaired) electrons. The minimum absolute atomic E-state index is 0.0296. The maximum absolute atomic E-state index is 14.6. The Morgan fingerprint density at radius 2 is 0.807 bits per heavy atom. The van der Waals surface area contributed by atoms with Gasteiger partial charge in [0.2, 0.25) is 5.56 Å². The predicted molar refractivity (Wildman–Crippen MR) is 547 cm³/mol. The van der Waals surface area contributed by atoms with Crippen molar-refractivity contribution in [3.63, 3.8) is 0 Å². The smallest absolute Gasteiger partial charge is 0.248 e. The topological polar surface area (TPSA) is 421 Å². The molecule has 150 heavy (non-hydrogen) atoms. The quantitative estimate of drug-likeness (QED) is 0.0396. The normalized spacial score (nSPS) is 11.2. The largest absolute Gasteiger partial charge is 0.497 e. The lowest BCUT2D eigenvalue weighted by Gasteiger charge is -2.10. The lowest BCUT2D eigenvalue weighted by Crippen LogP contribution is -2.06. The van der Waals surface area contributed by atoms with Crippen molar-refractivity contribution in [2.75, 3.05) is 40.9 Å². The molecule has 43 heteroatoms. The number of nitrogens with one attached hydrogen (secondary N) is 2. The van der Waals surface area contributed by atoms with E-state index in [1.165, 1.54) is 23.8 Å². The van der Waals surface area contributed by atoms with Crippen LogP contribution in [-0.4, -0.2) is 164 Å². The standard InChI is InChI=1S/C22H14F4N6O.C22H17N5O3.C21H16N6O2.C21H17N5O3.C21H17N5O2S/c1-33-13-7-18-21(29-8-13)17(2-3-27-18)28-9-19-30-31-22-16(25)6-12(10-32(19)22)11-4-14(23)20(26)15(24)5-11;1-29-15-6-7-16-18(11-15)23-10-9-19(16)30-13-21-26-25-20-8-5-14(12-27(20)21)17-3-2-4-22(28)24-17;1-28-16-3-4-17-18(10-16)22-8-7-19(17)29-13-21-26-25-20-5-2-15(12-27(20)21)14-6-9-23-24-11-14;1-13-9-19(29-25-13)14-3-6-20-23-24-21(26(20)11-14)12-28-18-7-8-22-17-10-15(27-2)4-5-16(17)18;1-13-12-29-21(23-13)14-3-6-19-24-25-20(26(19)10-14)11-28-18-7-8-22-17-9-15(27-2)4-5-16(17)18/h2-8,10H,9H2,1H3,(H,27,28);2-12H,13H2,1H3,(H,24,28);2-12H,13H2,1H3;3-11H,12H2,1-2H3;3-10,12H,11H2,1-2H3. The number of aromatic nitrogens is 26. The third-order valence-electron chi connectivity index (χ3n) is 23.8. The van der Waals surface area contributed by atoms with Crippen molar-refractivity contribution in [3.05, 3.63) is 366 Å². The summed E-state index contributed by atoms with van der Waals surface area (Å²) < 4.78 is 120. The monoisotopic (exact) mass is 2030 g/mol. The van der Waals surface area contributed by atoms with Crippen LogP contribution in [0.25, 0.3) is 138 Å². The maximum atomic E-state index is 14.6. The van der Waals surface area contributed by atoms with Crippen LogP contribution in [0.5, 0.6) is 51.7 Å². The van der Waals surface area contributed by atoms with Crippen LogP contribution >= 0.6 is 11.3 Å². The number of hydrogen-bond donors (Lipinski definition) is 2. The number of rotatable bonds is 25. The Kier molecular flexibility index (Phi) is 27.5. The molecule has 0 spiro atoms. The molecule has 0 aliphatic rings. The Hall–Kier alpha value is -20.0. The number of halogens is 4. The summed E-state index contributed by atoms with van der Waals surface area (Å²) in [6.45, 7) is 5.04. The molecular formula is C107H81F4N27O11S. The molecule has 0 saturated heterocycles. The molecule has 0 bridgehead atoms. The van der Waals surface area contributed by atoms with Gasteiger partial charge in [0.05, 0.1) is 99.6 Å².